The second kappa shape index (κ2) is 18.6. The Bertz CT molecular complexity index is 2500. The predicted molar refractivity (Wildman–Crippen MR) is 208 cm³/mol. The number of carbonyl (C=O) groups excluding carboxylic acids is 2. The summed E-state index contributed by atoms with van der Waals surface area (Å²) in [6.07, 6.45) is -2.19. The molecule has 4 aromatic carbocycles. The lowest BCUT2D eigenvalue weighted by molar-refractivity contribution is -0.383. The summed E-state index contributed by atoms with van der Waals surface area (Å²) in [4.78, 5) is 48.5. The molecule has 2 aromatic heterocycles. The largest absolute Gasteiger partial charge is 0.381 e. The Labute approximate surface area is 337 Å². The molecule has 0 aliphatic rings. The number of nitro benzene ring substituents is 2. The van der Waals surface area contributed by atoms with Crippen LogP contribution in [0, 0.1) is 37.3 Å². The van der Waals surface area contributed by atoms with Gasteiger partial charge in [-0.15, -0.1) is 0 Å². The van der Waals surface area contributed by atoms with E-state index in [1.807, 2.05) is 30.3 Å². The monoisotopic (exact) mass is 832 g/mol. The van der Waals surface area contributed by atoms with Crippen LogP contribution in [-0.4, -0.2) is 85.3 Å². The fraction of sp³-hybridized carbons (Fsp3) is 0.316. The van der Waals surface area contributed by atoms with Gasteiger partial charge in [-0.2, -0.15) is 0 Å². The van der Waals surface area contributed by atoms with Gasteiger partial charge in [0.25, 0.3) is 5.91 Å². The molecule has 0 radical (unpaired) electrons. The van der Waals surface area contributed by atoms with Crippen molar-refractivity contribution in [2.24, 2.45) is 5.41 Å². The number of non-ortho nitro benzene ring substituents is 2. The third-order valence-electron chi connectivity index (χ3n) is 9.35. The van der Waals surface area contributed by atoms with E-state index in [0.29, 0.717) is 0 Å². The molecule has 0 aliphatic carbocycles. The van der Waals surface area contributed by atoms with E-state index in [1.54, 1.807) is 13.8 Å². The molecule has 2 amide bonds. The number of halogens is 2. The van der Waals surface area contributed by atoms with E-state index in [1.165, 1.54) is 24.3 Å². The second-order valence-electron chi connectivity index (χ2n) is 14.5. The van der Waals surface area contributed by atoms with Crippen molar-refractivity contribution in [1.82, 2.24) is 31.3 Å². The van der Waals surface area contributed by atoms with Gasteiger partial charge in [-0.1, -0.05) is 44.2 Å². The van der Waals surface area contributed by atoms with Crippen LogP contribution < -0.4 is 21.3 Å². The van der Waals surface area contributed by atoms with Gasteiger partial charge in [-0.3, -0.25) is 29.8 Å². The van der Waals surface area contributed by atoms with Gasteiger partial charge in [-0.05, 0) is 73.9 Å². The van der Waals surface area contributed by atoms with Crippen molar-refractivity contribution in [3.8, 4) is 0 Å². The SMILES string of the molecule is CC(C)(CNC(=O)CC(Cc1cc(F)ccc1F)Nc1ccc([N+](=O)[O-])c2nonc12)CNC(=O)[C@@H](O)[C@@H](COCc1ccccc1)Nc1ccc([N+](=O)[O-])c2nonc12. The summed E-state index contributed by atoms with van der Waals surface area (Å²) in [5, 5.41) is 60.5. The molecule has 3 atom stereocenters. The molecule has 0 fully saturated rings. The molecule has 0 bridgehead atoms. The van der Waals surface area contributed by atoms with Crippen LogP contribution in [0.4, 0.5) is 31.5 Å². The lowest BCUT2D eigenvalue weighted by Crippen LogP contribution is -2.50. The number of fused-ring (bicyclic) bond motifs is 2. The number of ether oxygens (including phenoxy) is 1. The summed E-state index contributed by atoms with van der Waals surface area (Å²) in [5.74, 6) is -2.72. The van der Waals surface area contributed by atoms with Crippen LogP contribution in [-0.2, 0) is 27.4 Å². The third-order valence-corrected chi connectivity index (χ3v) is 9.35. The maximum Gasteiger partial charge on any atom is 0.300 e. The number of benzene rings is 4. The highest BCUT2D eigenvalue weighted by molar-refractivity contribution is 5.94. The van der Waals surface area contributed by atoms with E-state index < -0.39 is 56.9 Å². The predicted octanol–water partition coefficient (Wildman–Crippen LogP) is 4.58. The van der Waals surface area contributed by atoms with Crippen LogP contribution in [0.25, 0.3) is 22.1 Å². The van der Waals surface area contributed by atoms with Gasteiger partial charge in [0, 0.05) is 37.7 Å². The van der Waals surface area contributed by atoms with Crippen LogP contribution >= 0.6 is 0 Å². The Morgan fingerprint density at radius 2 is 1.40 bits per heavy atom. The van der Waals surface area contributed by atoms with Crippen molar-refractivity contribution in [3.05, 3.63) is 116 Å². The molecule has 60 heavy (non-hydrogen) atoms. The maximum absolute atomic E-state index is 14.7. The summed E-state index contributed by atoms with van der Waals surface area (Å²) in [6.45, 7) is 3.41. The van der Waals surface area contributed by atoms with Crippen molar-refractivity contribution in [2.75, 3.05) is 30.3 Å². The molecule has 0 aliphatic heterocycles. The van der Waals surface area contributed by atoms with E-state index in [-0.39, 0.29) is 89.5 Å². The molecular weight excluding hydrogens is 794 g/mol. The molecule has 0 spiro atoms. The molecule has 0 saturated heterocycles. The quantitative estimate of drug-likeness (QED) is 0.0520. The lowest BCUT2D eigenvalue weighted by Gasteiger charge is -2.29. The topological polar surface area (TPSA) is 276 Å². The van der Waals surface area contributed by atoms with E-state index in [2.05, 4.69) is 41.9 Å². The lowest BCUT2D eigenvalue weighted by atomic mass is 9.93. The zero-order valence-electron chi connectivity index (χ0n) is 32.0. The average Bonchev–Trinajstić information content (AvgIpc) is 3.92. The number of aromatic nitrogens is 4. The van der Waals surface area contributed by atoms with Crippen molar-refractivity contribution >= 4 is 56.6 Å². The summed E-state index contributed by atoms with van der Waals surface area (Å²) >= 11 is 0. The molecular formula is C38H38F2N10O10. The number of aliphatic hydroxyl groups excluding tert-OH is 1. The van der Waals surface area contributed by atoms with Crippen molar-refractivity contribution in [1.29, 1.82) is 0 Å². The van der Waals surface area contributed by atoms with Gasteiger partial charge in [0.1, 0.15) is 11.6 Å². The molecule has 6 aromatic rings. The van der Waals surface area contributed by atoms with Crippen molar-refractivity contribution in [2.45, 2.75) is 51.5 Å². The summed E-state index contributed by atoms with van der Waals surface area (Å²) < 4.78 is 44.1. The van der Waals surface area contributed by atoms with Gasteiger partial charge in [0.15, 0.2) is 17.1 Å². The fourth-order valence-corrected chi connectivity index (χ4v) is 6.19. The number of nitrogens with one attached hydrogen (secondary N) is 4. The number of aliphatic hydroxyl groups is 1. The standard InChI is InChI=1S/C38H38F2N10O10/c1-38(2,19-41-31(51)16-24(15-22-14-23(39)8-9-25(22)40)43-26-10-12-29(49(54)55)34-32(26)45-59-47-34)20-42-37(53)36(52)28(18-58-17-21-6-4-3-5-7-21)44-27-11-13-30(50(56)57)35-33(27)46-60-48-35/h3-14,24,28,36,43-44,52H,15-20H2,1-2H3,(H,41,51)(H,42,53)/t24?,28-,36+/m1/s1. The Morgan fingerprint density at radius 1 is 0.817 bits per heavy atom. The average molecular weight is 833 g/mol. The van der Waals surface area contributed by atoms with E-state index >= 15 is 0 Å². The van der Waals surface area contributed by atoms with Gasteiger partial charge >= 0.3 is 11.4 Å². The maximum atomic E-state index is 14.7. The van der Waals surface area contributed by atoms with Crippen LogP contribution in [0.5, 0.6) is 0 Å². The Balaban J connectivity index is 1.10. The molecule has 2 heterocycles. The summed E-state index contributed by atoms with van der Waals surface area (Å²) in [7, 11) is 0. The van der Waals surface area contributed by atoms with Crippen LogP contribution in [0.2, 0.25) is 0 Å². The second-order valence-corrected chi connectivity index (χ2v) is 14.5. The molecule has 314 valence electrons. The van der Waals surface area contributed by atoms with E-state index in [4.69, 9.17) is 14.0 Å². The number of anilines is 2. The molecule has 5 N–H and O–H groups in total. The van der Waals surface area contributed by atoms with E-state index in [9.17, 15) is 43.7 Å². The van der Waals surface area contributed by atoms with Crippen LogP contribution in [0.3, 0.4) is 0 Å². The van der Waals surface area contributed by atoms with Crippen LogP contribution in [0.1, 0.15) is 31.4 Å². The highest BCUT2D eigenvalue weighted by atomic mass is 19.1. The highest BCUT2D eigenvalue weighted by Crippen LogP contribution is 2.31. The number of nitro groups is 2. The van der Waals surface area contributed by atoms with Gasteiger partial charge in [0.05, 0.1) is 40.5 Å². The van der Waals surface area contributed by atoms with Gasteiger partial charge in [0.2, 0.25) is 16.9 Å². The Morgan fingerprint density at radius 3 is 2.02 bits per heavy atom. The smallest absolute Gasteiger partial charge is 0.300 e. The Hall–Kier alpha value is -7.20. The first kappa shape index (κ1) is 42.4. The Kier molecular flexibility index (Phi) is 13.1. The van der Waals surface area contributed by atoms with Crippen molar-refractivity contribution in [3.63, 3.8) is 0 Å². The van der Waals surface area contributed by atoms with Gasteiger partial charge in [-0.25, -0.2) is 18.0 Å². The first-order chi connectivity index (χ1) is 28.7. The molecule has 6 rings (SSSR count). The summed E-state index contributed by atoms with van der Waals surface area (Å²) in [6, 6.07) is 15.1. The number of hydrogen-bond donors (Lipinski definition) is 5. The minimum atomic E-state index is -1.72. The fourth-order valence-electron chi connectivity index (χ4n) is 6.19. The highest BCUT2D eigenvalue weighted by Gasteiger charge is 2.31. The van der Waals surface area contributed by atoms with Gasteiger partial charge < -0.3 is 31.1 Å². The minimum absolute atomic E-state index is 0.00331. The first-order valence-corrected chi connectivity index (χ1v) is 18.3. The first-order valence-electron chi connectivity index (χ1n) is 18.3. The van der Waals surface area contributed by atoms with Crippen LogP contribution in [0.15, 0.2) is 82.1 Å². The zero-order chi connectivity index (χ0) is 43.0. The summed E-state index contributed by atoms with van der Waals surface area (Å²) in [5.41, 5.74) is -0.669. The number of hydrogen-bond acceptors (Lipinski definition) is 16. The number of carbonyl (C=O) groups is 2. The minimum Gasteiger partial charge on any atom is -0.381 e. The third kappa shape index (κ3) is 10.5. The molecule has 22 heteroatoms. The molecule has 20 nitrogen and oxygen atoms in total. The number of nitrogens with zero attached hydrogens (tertiary/aromatic N) is 6. The normalized spacial score (nSPS) is 13.1. The number of amides is 2. The molecule has 1 unspecified atom stereocenters. The number of rotatable bonds is 20. The van der Waals surface area contributed by atoms with Crippen molar-refractivity contribution < 1.29 is 47.3 Å². The van der Waals surface area contributed by atoms with E-state index in [0.717, 1.165) is 23.8 Å². The molecule has 0 saturated carbocycles. The zero-order valence-corrected chi connectivity index (χ0v) is 32.0.